The molecule has 0 aromatic heterocycles. The Morgan fingerprint density at radius 2 is 1.93 bits per heavy atom. The van der Waals surface area contributed by atoms with Gasteiger partial charge in [0.05, 0.1) is 0 Å². The van der Waals surface area contributed by atoms with Gasteiger partial charge in [-0.25, -0.2) is 0 Å². The van der Waals surface area contributed by atoms with Crippen molar-refractivity contribution in [2.45, 2.75) is 33.1 Å². The Morgan fingerprint density at radius 1 is 1.27 bits per heavy atom. The fourth-order valence-corrected chi connectivity index (χ4v) is 1.27. The van der Waals surface area contributed by atoms with Gasteiger partial charge in [-0.3, -0.25) is 0 Å². The van der Waals surface area contributed by atoms with Crippen molar-refractivity contribution in [2.75, 3.05) is 6.61 Å². The quantitative estimate of drug-likeness (QED) is 0.572. The average Bonchev–Trinajstić information content (AvgIpc) is 2.28. The molecular weight excluding hydrogens is 188 g/mol. The van der Waals surface area contributed by atoms with Crippen molar-refractivity contribution in [1.82, 2.24) is 0 Å². The standard InChI is InChI=1S/C8H10O.C5H12O/c1-7-4-2-3-5-8(7)6-9;1-2-3-4-5-6/h2-8H,1H3;6H,2-5H2,1H3. The number of rotatable bonds is 4. The van der Waals surface area contributed by atoms with Gasteiger partial charge in [0.25, 0.3) is 0 Å². The lowest BCUT2D eigenvalue weighted by atomic mass is 9.92. The molecule has 0 aliphatic heterocycles. The number of aliphatic hydroxyl groups excluding tert-OH is 1. The first-order valence-corrected chi connectivity index (χ1v) is 5.67. The third kappa shape index (κ3) is 7.09. The minimum absolute atomic E-state index is 0.106. The van der Waals surface area contributed by atoms with Gasteiger partial charge >= 0.3 is 0 Å². The van der Waals surface area contributed by atoms with Crippen LogP contribution in [-0.2, 0) is 4.79 Å². The van der Waals surface area contributed by atoms with Crippen molar-refractivity contribution >= 4 is 6.29 Å². The molecule has 0 aromatic carbocycles. The van der Waals surface area contributed by atoms with Gasteiger partial charge in [-0.1, -0.05) is 51.0 Å². The van der Waals surface area contributed by atoms with Crippen LogP contribution in [0.15, 0.2) is 24.3 Å². The van der Waals surface area contributed by atoms with E-state index in [-0.39, 0.29) is 5.92 Å². The zero-order valence-electron chi connectivity index (χ0n) is 9.73. The lowest BCUT2D eigenvalue weighted by Gasteiger charge is -2.12. The van der Waals surface area contributed by atoms with Gasteiger partial charge in [0, 0.05) is 12.5 Å². The van der Waals surface area contributed by atoms with Gasteiger partial charge in [0.2, 0.25) is 0 Å². The molecule has 0 fully saturated rings. The van der Waals surface area contributed by atoms with Crippen LogP contribution in [0.1, 0.15) is 33.1 Å². The Kier molecular flexibility index (Phi) is 9.08. The van der Waals surface area contributed by atoms with Gasteiger partial charge in [-0.05, 0) is 12.3 Å². The summed E-state index contributed by atoms with van der Waals surface area (Å²) in [6.07, 6.45) is 12.2. The van der Waals surface area contributed by atoms with Crippen molar-refractivity contribution in [3.05, 3.63) is 24.3 Å². The molecule has 0 saturated carbocycles. The number of allylic oxidation sites excluding steroid dienone is 4. The van der Waals surface area contributed by atoms with Gasteiger partial charge in [-0.2, -0.15) is 0 Å². The summed E-state index contributed by atoms with van der Waals surface area (Å²) >= 11 is 0. The number of aliphatic hydroxyl groups is 1. The third-order valence-corrected chi connectivity index (χ3v) is 2.39. The first-order chi connectivity index (χ1) is 7.26. The second-order valence-corrected chi connectivity index (χ2v) is 3.77. The molecule has 0 saturated heterocycles. The van der Waals surface area contributed by atoms with E-state index in [1.54, 1.807) is 0 Å². The molecule has 0 radical (unpaired) electrons. The van der Waals surface area contributed by atoms with Gasteiger partial charge < -0.3 is 9.90 Å². The van der Waals surface area contributed by atoms with Crippen molar-refractivity contribution in [3.63, 3.8) is 0 Å². The molecule has 0 heterocycles. The Bertz CT molecular complexity index is 203. The lowest BCUT2D eigenvalue weighted by molar-refractivity contribution is -0.110. The second-order valence-electron chi connectivity index (χ2n) is 3.77. The highest BCUT2D eigenvalue weighted by atomic mass is 16.2. The zero-order chi connectivity index (χ0) is 11.5. The maximum atomic E-state index is 10.3. The molecule has 2 atom stereocenters. The van der Waals surface area contributed by atoms with Crippen LogP contribution in [0, 0.1) is 11.8 Å². The first-order valence-electron chi connectivity index (χ1n) is 5.67. The molecule has 0 amide bonds. The highest BCUT2D eigenvalue weighted by molar-refractivity contribution is 5.58. The largest absolute Gasteiger partial charge is 0.396 e. The van der Waals surface area contributed by atoms with E-state index in [0.717, 1.165) is 19.1 Å². The molecule has 15 heavy (non-hydrogen) atoms. The van der Waals surface area contributed by atoms with E-state index in [4.69, 9.17) is 5.11 Å². The van der Waals surface area contributed by atoms with E-state index in [0.29, 0.717) is 12.5 Å². The van der Waals surface area contributed by atoms with Crippen LogP contribution in [0.2, 0.25) is 0 Å². The summed E-state index contributed by atoms with van der Waals surface area (Å²) in [4.78, 5) is 10.3. The minimum atomic E-state index is 0.106. The Labute approximate surface area is 92.7 Å². The molecule has 1 N–H and O–H groups in total. The van der Waals surface area contributed by atoms with Crippen molar-refractivity contribution in [1.29, 1.82) is 0 Å². The zero-order valence-corrected chi connectivity index (χ0v) is 9.73. The maximum absolute atomic E-state index is 10.3. The lowest BCUT2D eigenvalue weighted by Crippen LogP contribution is -2.09. The van der Waals surface area contributed by atoms with Gasteiger partial charge in [0.15, 0.2) is 0 Å². The molecule has 1 aliphatic carbocycles. The van der Waals surface area contributed by atoms with Crippen LogP contribution in [0.5, 0.6) is 0 Å². The first kappa shape index (κ1) is 14.1. The fraction of sp³-hybridized carbons (Fsp3) is 0.615. The monoisotopic (exact) mass is 210 g/mol. The minimum Gasteiger partial charge on any atom is -0.396 e. The average molecular weight is 210 g/mol. The van der Waals surface area contributed by atoms with E-state index >= 15 is 0 Å². The van der Waals surface area contributed by atoms with E-state index in [2.05, 4.69) is 6.92 Å². The van der Waals surface area contributed by atoms with E-state index in [1.807, 2.05) is 31.2 Å². The highest BCUT2D eigenvalue weighted by Gasteiger charge is 2.11. The number of unbranched alkanes of at least 4 members (excludes halogenated alkanes) is 2. The molecule has 2 nitrogen and oxygen atoms in total. The summed E-state index contributed by atoms with van der Waals surface area (Å²) in [6.45, 7) is 4.52. The SMILES string of the molecule is CC1C=CC=CC1C=O.CCCCCO. The number of hydrogen-bond donors (Lipinski definition) is 1. The summed E-state index contributed by atoms with van der Waals surface area (Å²) < 4.78 is 0. The second kappa shape index (κ2) is 9.66. The molecule has 1 aliphatic rings. The van der Waals surface area contributed by atoms with Gasteiger partial charge in [-0.15, -0.1) is 0 Å². The molecule has 1 rings (SSSR count). The fourth-order valence-electron chi connectivity index (χ4n) is 1.27. The topological polar surface area (TPSA) is 37.3 Å². The Hall–Kier alpha value is -0.890. The summed E-state index contributed by atoms with van der Waals surface area (Å²) in [6, 6.07) is 0. The summed E-state index contributed by atoms with van der Waals surface area (Å²) in [5.74, 6) is 0.488. The molecule has 0 bridgehead atoms. The van der Waals surface area contributed by atoms with Crippen molar-refractivity contribution < 1.29 is 9.90 Å². The Balaban J connectivity index is 0.000000288. The predicted octanol–water partition coefficient (Wildman–Crippen LogP) is 2.73. The predicted molar refractivity (Wildman–Crippen MR) is 63.6 cm³/mol. The molecule has 2 heteroatoms. The van der Waals surface area contributed by atoms with Crippen LogP contribution >= 0.6 is 0 Å². The van der Waals surface area contributed by atoms with Crippen LogP contribution in [0.25, 0.3) is 0 Å². The summed E-state index contributed by atoms with van der Waals surface area (Å²) in [5, 5.41) is 8.20. The third-order valence-electron chi connectivity index (χ3n) is 2.39. The van der Waals surface area contributed by atoms with Crippen molar-refractivity contribution in [2.24, 2.45) is 11.8 Å². The smallest absolute Gasteiger partial charge is 0.127 e. The molecular formula is C13H22O2. The van der Waals surface area contributed by atoms with E-state index < -0.39 is 0 Å². The van der Waals surface area contributed by atoms with E-state index in [1.165, 1.54) is 6.42 Å². The van der Waals surface area contributed by atoms with Crippen LogP contribution < -0.4 is 0 Å². The number of aldehydes is 1. The maximum Gasteiger partial charge on any atom is 0.127 e. The molecule has 2 unspecified atom stereocenters. The van der Waals surface area contributed by atoms with Crippen LogP contribution in [-0.4, -0.2) is 18.0 Å². The van der Waals surface area contributed by atoms with Crippen LogP contribution in [0.3, 0.4) is 0 Å². The highest BCUT2D eigenvalue weighted by Crippen LogP contribution is 2.15. The molecule has 0 spiro atoms. The normalized spacial score (nSPS) is 23.1. The number of hydrogen-bond acceptors (Lipinski definition) is 2. The van der Waals surface area contributed by atoms with E-state index in [9.17, 15) is 4.79 Å². The summed E-state index contributed by atoms with van der Waals surface area (Å²) in [5.41, 5.74) is 0. The van der Waals surface area contributed by atoms with Crippen LogP contribution in [0.4, 0.5) is 0 Å². The number of carbonyl (C=O) groups is 1. The number of carbonyl (C=O) groups excluding carboxylic acids is 1. The van der Waals surface area contributed by atoms with Gasteiger partial charge in [0.1, 0.15) is 6.29 Å². The molecule has 0 aromatic rings. The summed E-state index contributed by atoms with van der Waals surface area (Å²) in [7, 11) is 0. The van der Waals surface area contributed by atoms with Crippen molar-refractivity contribution in [3.8, 4) is 0 Å². The molecule has 86 valence electrons. The Morgan fingerprint density at radius 3 is 2.27 bits per heavy atom.